The third-order valence-corrected chi connectivity index (χ3v) is 7.16. The summed E-state index contributed by atoms with van der Waals surface area (Å²) in [4.78, 5) is 44.6. The fraction of sp³-hybridized carbons (Fsp3) is 0.500. The van der Waals surface area contributed by atoms with Gasteiger partial charge in [-0.1, -0.05) is 6.07 Å². The van der Waals surface area contributed by atoms with Crippen LogP contribution in [-0.4, -0.2) is 75.6 Å². The number of alkyl halides is 1. The van der Waals surface area contributed by atoms with Gasteiger partial charge in [-0.15, -0.1) is 0 Å². The van der Waals surface area contributed by atoms with Crippen LogP contribution in [-0.2, 0) is 14.3 Å². The average molecular weight is 470 g/mol. The molecule has 1 aliphatic carbocycles. The van der Waals surface area contributed by atoms with Crippen molar-refractivity contribution in [1.82, 2.24) is 19.8 Å². The number of aromatic nitrogens is 2. The molecule has 0 spiro atoms. The number of nitrogens with two attached hydrogens (primary N) is 1. The van der Waals surface area contributed by atoms with Crippen molar-refractivity contribution in [3.05, 3.63) is 48.5 Å². The molecule has 0 unspecified atom stereocenters. The molecule has 34 heavy (non-hydrogen) atoms. The van der Waals surface area contributed by atoms with Crippen LogP contribution in [0.15, 0.2) is 43.0 Å². The molecule has 1 saturated carbocycles. The second-order valence-corrected chi connectivity index (χ2v) is 9.34. The SMILES string of the molecule is NC1CCC([C@H](NC(=O)c2cccc(-n3ccnc3)c2)C(=O)N2C[C@@H](F)[C@H]3OCC(=O)[C@H]32)CC1. The maximum atomic E-state index is 14.5. The summed E-state index contributed by atoms with van der Waals surface area (Å²) in [5.74, 6) is -1.30. The number of imidazole rings is 1. The monoisotopic (exact) mass is 469 g/mol. The van der Waals surface area contributed by atoms with Crippen molar-refractivity contribution in [2.24, 2.45) is 11.7 Å². The summed E-state index contributed by atoms with van der Waals surface area (Å²) >= 11 is 0. The first kappa shape index (κ1) is 22.7. The smallest absolute Gasteiger partial charge is 0.252 e. The Bertz CT molecular complexity index is 1070. The third-order valence-electron chi connectivity index (χ3n) is 7.16. The van der Waals surface area contributed by atoms with E-state index in [1.807, 2.05) is 6.07 Å². The highest BCUT2D eigenvalue weighted by molar-refractivity contribution is 5.99. The third kappa shape index (κ3) is 4.23. The Morgan fingerprint density at radius 2 is 2.03 bits per heavy atom. The molecule has 9 nitrogen and oxygen atoms in total. The largest absolute Gasteiger partial charge is 0.365 e. The molecular weight excluding hydrogens is 441 g/mol. The second-order valence-electron chi connectivity index (χ2n) is 9.34. The number of benzene rings is 1. The Hall–Kier alpha value is -3.11. The number of fused-ring (bicyclic) bond motifs is 1. The van der Waals surface area contributed by atoms with Crippen molar-refractivity contribution in [3.8, 4) is 5.69 Å². The van der Waals surface area contributed by atoms with Gasteiger partial charge in [0, 0.05) is 29.7 Å². The van der Waals surface area contributed by atoms with Gasteiger partial charge in [0.05, 0.1) is 12.9 Å². The van der Waals surface area contributed by atoms with Crippen molar-refractivity contribution >= 4 is 17.6 Å². The molecule has 2 aromatic rings. The lowest BCUT2D eigenvalue weighted by Crippen LogP contribution is -2.55. The quantitative estimate of drug-likeness (QED) is 0.675. The molecule has 0 radical (unpaired) electrons. The number of nitrogens with one attached hydrogen (secondary N) is 1. The molecule has 5 rings (SSSR count). The Labute approximate surface area is 196 Å². The maximum Gasteiger partial charge on any atom is 0.252 e. The van der Waals surface area contributed by atoms with Gasteiger partial charge in [0.15, 0.2) is 5.78 Å². The van der Waals surface area contributed by atoms with Crippen LogP contribution < -0.4 is 11.1 Å². The standard InChI is InChI=1S/C24H28FN5O4/c25-18-11-30(21-19(31)12-34-22(18)21)24(33)20(14-4-6-16(26)7-5-14)28-23(32)15-2-1-3-17(10-15)29-9-8-27-13-29/h1-3,8-10,13-14,16,18,20-22H,4-7,11-12,26H2,(H,28,32)/t14?,16?,18-,20+,21-,22-/m1/s1. The van der Waals surface area contributed by atoms with Gasteiger partial charge in [0.1, 0.15) is 31.0 Å². The Balaban J connectivity index is 1.39. The molecule has 3 N–H and O–H groups in total. The number of likely N-dealkylation sites (tertiary alicyclic amines) is 1. The predicted molar refractivity (Wildman–Crippen MR) is 120 cm³/mol. The number of carbonyl (C=O) groups excluding carboxylic acids is 3. The van der Waals surface area contributed by atoms with Gasteiger partial charge >= 0.3 is 0 Å². The van der Waals surface area contributed by atoms with E-state index in [0.29, 0.717) is 18.4 Å². The first-order valence-electron chi connectivity index (χ1n) is 11.7. The fourth-order valence-corrected chi connectivity index (χ4v) is 5.31. The number of nitrogens with zero attached hydrogens (tertiary/aromatic N) is 3. The van der Waals surface area contributed by atoms with Crippen molar-refractivity contribution in [1.29, 1.82) is 0 Å². The van der Waals surface area contributed by atoms with Gasteiger partial charge < -0.3 is 25.3 Å². The van der Waals surface area contributed by atoms with Crippen LogP contribution in [0.5, 0.6) is 0 Å². The normalized spacial score (nSPS) is 29.6. The van der Waals surface area contributed by atoms with E-state index in [4.69, 9.17) is 10.5 Å². The number of rotatable bonds is 5. The molecule has 10 heteroatoms. The highest BCUT2D eigenvalue weighted by atomic mass is 19.1. The molecule has 3 heterocycles. The van der Waals surface area contributed by atoms with Crippen LogP contribution in [0.2, 0.25) is 0 Å². The lowest BCUT2D eigenvalue weighted by Gasteiger charge is -2.35. The van der Waals surface area contributed by atoms with Crippen molar-refractivity contribution < 1.29 is 23.5 Å². The van der Waals surface area contributed by atoms with Crippen LogP contribution in [0.4, 0.5) is 4.39 Å². The molecule has 0 bridgehead atoms. The van der Waals surface area contributed by atoms with E-state index in [0.717, 1.165) is 18.5 Å². The summed E-state index contributed by atoms with van der Waals surface area (Å²) in [6, 6.07) is 5.24. The average Bonchev–Trinajstić information content (AvgIpc) is 3.58. The Kier molecular flexibility index (Phi) is 6.18. The molecule has 3 aliphatic rings. The number of Topliss-reactive ketones (excluding diaryl/α,β-unsaturated/α-hetero) is 1. The molecule has 1 aromatic carbocycles. The molecule has 180 valence electrons. The van der Waals surface area contributed by atoms with Crippen LogP contribution in [0.3, 0.4) is 0 Å². The number of halogens is 1. The topological polar surface area (TPSA) is 120 Å². The van der Waals surface area contributed by atoms with Gasteiger partial charge in [-0.05, 0) is 49.8 Å². The summed E-state index contributed by atoms with van der Waals surface area (Å²) in [6.45, 7) is -0.412. The van der Waals surface area contributed by atoms with Gasteiger partial charge in [0.2, 0.25) is 5.91 Å². The van der Waals surface area contributed by atoms with E-state index < -0.39 is 36.2 Å². The fourth-order valence-electron chi connectivity index (χ4n) is 5.31. The summed E-state index contributed by atoms with van der Waals surface area (Å²) < 4.78 is 21.6. The number of carbonyl (C=O) groups is 3. The zero-order valence-electron chi connectivity index (χ0n) is 18.7. The van der Waals surface area contributed by atoms with E-state index in [9.17, 15) is 18.8 Å². The van der Waals surface area contributed by atoms with Crippen molar-refractivity contribution in [2.45, 2.75) is 56.1 Å². The van der Waals surface area contributed by atoms with E-state index in [1.54, 1.807) is 41.5 Å². The molecule has 2 amide bonds. The van der Waals surface area contributed by atoms with Gasteiger partial charge in [-0.2, -0.15) is 0 Å². The summed E-state index contributed by atoms with van der Waals surface area (Å²) in [5, 5.41) is 2.91. The molecule has 1 aromatic heterocycles. The zero-order chi connectivity index (χ0) is 23.8. The number of ether oxygens (including phenoxy) is 1. The molecular formula is C24H28FN5O4. The van der Waals surface area contributed by atoms with Crippen LogP contribution in [0.25, 0.3) is 5.69 Å². The summed E-state index contributed by atoms with van der Waals surface area (Å²) in [7, 11) is 0. The first-order valence-corrected chi connectivity index (χ1v) is 11.7. The van der Waals surface area contributed by atoms with Crippen molar-refractivity contribution in [2.75, 3.05) is 13.2 Å². The van der Waals surface area contributed by atoms with E-state index >= 15 is 0 Å². The van der Waals surface area contributed by atoms with Gasteiger partial charge in [0.25, 0.3) is 5.91 Å². The number of hydrogen-bond donors (Lipinski definition) is 2. The minimum Gasteiger partial charge on any atom is -0.365 e. The first-order chi connectivity index (χ1) is 16.4. The lowest BCUT2D eigenvalue weighted by molar-refractivity contribution is -0.139. The van der Waals surface area contributed by atoms with E-state index in [-0.39, 0.29) is 30.9 Å². The zero-order valence-corrected chi connectivity index (χ0v) is 18.7. The highest BCUT2D eigenvalue weighted by Crippen LogP contribution is 2.33. The van der Waals surface area contributed by atoms with Gasteiger partial charge in [-0.25, -0.2) is 9.37 Å². The van der Waals surface area contributed by atoms with Crippen molar-refractivity contribution in [3.63, 3.8) is 0 Å². The lowest BCUT2D eigenvalue weighted by atomic mass is 9.81. The van der Waals surface area contributed by atoms with E-state index in [1.165, 1.54) is 4.90 Å². The van der Waals surface area contributed by atoms with E-state index in [2.05, 4.69) is 10.3 Å². The predicted octanol–water partition coefficient (Wildman–Crippen LogP) is 1.00. The number of hydrogen-bond acceptors (Lipinski definition) is 6. The molecule has 2 saturated heterocycles. The Morgan fingerprint density at radius 3 is 2.76 bits per heavy atom. The maximum absolute atomic E-state index is 14.5. The molecule has 3 fully saturated rings. The van der Waals surface area contributed by atoms with Crippen LogP contribution in [0.1, 0.15) is 36.0 Å². The summed E-state index contributed by atoms with van der Waals surface area (Å²) in [5.41, 5.74) is 7.20. The number of ketones is 1. The minimum atomic E-state index is -1.43. The minimum absolute atomic E-state index is 0.0609. The molecule has 4 atom stereocenters. The number of amides is 2. The summed E-state index contributed by atoms with van der Waals surface area (Å²) in [6.07, 6.45) is 5.49. The van der Waals surface area contributed by atoms with Gasteiger partial charge in [-0.3, -0.25) is 14.4 Å². The van der Waals surface area contributed by atoms with Crippen LogP contribution >= 0.6 is 0 Å². The molecule has 2 aliphatic heterocycles. The second kappa shape index (κ2) is 9.27. The van der Waals surface area contributed by atoms with Crippen LogP contribution in [0, 0.1) is 5.92 Å². The Morgan fingerprint density at radius 1 is 1.24 bits per heavy atom. The highest BCUT2D eigenvalue weighted by Gasteiger charge is 2.54.